The van der Waals surface area contributed by atoms with E-state index >= 15 is 0 Å². The van der Waals surface area contributed by atoms with E-state index in [1.165, 1.54) is 44.4 Å². The lowest BCUT2D eigenvalue weighted by molar-refractivity contribution is 0.368. The minimum absolute atomic E-state index is 0.729. The van der Waals surface area contributed by atoms with Gasteiger partial charge in [0, 0.05) is 12.0 Å². The van der Waals surface area contributed by atoms with Crippen molar-refractivity contribution in [3.63, 3.8) is 0 Å². The lowest BCUT2D eigenvalue weighted by atomic mass is 9.95. The van der Waals surface area contributed by atoms with Crippen LogP contribution in [-0.4, -0.2) is 13.0 Å². The number of aryl methyl sites for hydroxylation is 1. The van der Waals surface area contributed by atoms with Gasteiger partial charge in [0.2, 0.25) is 0 Å². The Kier molecular flexibility index (Phi) is 7.59. The fraction of sp³-hybridized carbons (Fsp3) is 0.125. The first-order valence-electron chi connectivity index (χ1n) is 9.74. The smallest absolute Gasteiger partial charge is 0.418 e. The second kappa shape index (κ2) is 10.4. The minimum Gasteiger partial charge on any atom is -0.418 e. The van der Waals surface area contributed by atoms with Crippen LogP contribution >= 0.6 is 0 Å². The molecule has 1 nitrogen and oxygen atoms in total. The first kappa shape index (κ1) is 22.7. The molecule has 0 amide bonds. The highest BCUT2D eigenvalue weighted by Crippen LogP contribution is 2.29. The van der Waals surface area contributed by atoms with E-state index in [-0.39, 0.29) is 0 Å². The number of benzene rings is 4. The number of fused-ring (bicyclic) bond motifs is 2. The van der Waals surface area contributed by atoms with E-state index in [9.17, 15) is 17.3 Å². The molecule has 158 valence electrons. The Morgan fingerprint density at radius 2 is 1.29 bits per heavy atom. The zero-order chi connectivity index (χ0) is 22.3. The number of nitriles is 1. The van der Waals surface area contributed by atoms with Crippen LogP contribution in [-0.2, 0) is 23.9 Å². The van der Waals surface area contributed by atoms with Gasteiger partial charge >= 0.3 is 7.25 Å². The van der Waals surface area contributed by atoms with Crippen molar-refractivity contribution in [2.45, 2.75) is 12.2 Å². The van der Waals surface area contributed by atoms with Gasteiger partial charge in [-0.2, -0.15) is 5.26 Å². The zero-order valence-corrected chi connectivity index (χ0v) is 17.5. The predicted octanol–water partition coefficient (Wildman–Crippen LogP) is 6.72. The van der Waals surface area contributed by atoms with Gasteiger partial charge in [-0.05, 0) is 57.1 Å². The summed E-state index contributed by atoms with van der Waals surface area (Å²) >= 11 is 1.42. The molecule has 0 fully saturated rings. The van der Waals surface area contributed by atoms with E-state index in [0.29, 0.717) is 0 Å². The summed E-state index contributed by atoms with van der Waals surface area (Å²) in [5.41, 5.74) is 3.49. The summed E-state index contributed by atoms with van der Waals surface area (Å²) in [5, 5.41) is 14.3. The molecule has 0 bridgehead atoms. The molecule has 4 rings (SSSR count). The molecular weight excluding hydrogens is 421 g/mol. The Morgan fingerprint density at radius 1 is 0.774 bits per heavy atom. The zero-order valence-electron chi connectivity index (χ0n) is 16.6. The number of thiol groups is 1. The second-order valence-electron chi connectivity index (χ2n) is 6.96. The van der Waals surface area contributed by atoms with Crippen LogP contribution in [0.1, 0.15) is 16.7 Å². The average molecular weight is 441 g/mol. The summed E-state index contributed by atoms with van der Waals surface area (Å²) < 4.78 is 39.0. The third-order valence-corrected chi connectivity index (χ3v) is 5.91. The molecule has 0 unspecified atom stereocenters. The number of halogens is 4. The van der Waals surface area contributed by atoms with Crippen LogP contribution in [0.2, 0.25) is 0 Å². The normalized spacial score (nSPS) is 11.1. The number of hydrogen-bond acceptors (Lipinski definition) is 1. The highest BCUT2D eigenvalue weighted by molar-refractivity contribution is 7.77. The highest BCUT2D eigenvalue weighted by Gasteiger charge is 2.20. The summed E-state index contributed by atoms with van der Waals surface area (Å²) in [5.74, 6) is 2.17. The van der Waals surface area contributed by atoms with Crippen LogP contribution in [0.3, 0.4) is 0 Å². The molecule has 0 heterocycles. The molecule has 0 radical (unpaired) electrons. The van der Waals surface area contributed by atoms with Crippen LogP contribution in [0.5, 0.6) is 0 Å². The molecule has 0 aliphatic carbocycles. The van der Waals surface area contributed by atoms with Crippen LogP contribution in [0.15, 0.2) is 78.9 Å². The van der Waals surface area contributed by atoms with E-state index in [0.717, 1.165) is 23.5 Å². The fourth-order valence-corrected chi connectivity index (χ4v) is 4.47. The second-order valence-corrected chi connectivity index (χ2v) is 8.17. The molecule has 0 aliphatic rings. The summed E-state index contributed by atoms with van der Waals surface area (Å²) in [6.45, 7) is 0. The Hall–Kier alpha value is -2.98. The standard InChI is InChI=1S/C24H19NS.BF4/c25-16-18-9-11-19(12-10-18)17-26-14-13-24-22-7-3-1-5-20(22)15-21-6-2-4-8-23(21)24;2-1(3,4)5/h1-12,15H,13-14,17H2;/q;-1/p+1. The molecule has 0 spiro atoms. The van der Waals surface area contributed by atoms with Gasteiger partial charge in [0.15, 0.2) is 0 Å². The molecule has 4 aromatic rings. The first-order chi connectivity index (χ1) is 14.8. The van der Waals surface area contributed by atoms with Gasteiger partial charge in [0.1, 0.15) is 11.5 Å². The van der Waals surface area contributed by atoms with Gasteiger partial charge in [-0.3, -0.25) is 0 Å². The van der Waals surface area contributed by atoms with Crippen LogP contribution < -0.4 is 0 Å². The van der Waals surface area contributed by atoms with Crippen molar-refractivity contribution in [3.8, 4) is 6.07 Å². The van der Waals surface area contributed by atoms with Crippen LogP contribution in [0, 0.1) is 11.3 Å². The van der Waals surface area contributed by atoms with Crippen molar-refractivity contribution in [3.05, 3.63) is 95.6 Å². The van der Waals surface area contributed by atoms with Crippen molar-refractivity contribution in [1.29, 1.82) is 5.26 Å². The lowest BCUT2D eigenvalue weighted by Gasteiger charge is -2.10. The Bertz CT molecular complexity index is 1140. The highest BCUT2D eigenvalue weighted by atomic mass is 32.2. The number of rotatable bonds is 5. The third-order valence-electron chi connectivity index (χ3n) is 4.78. The summed E-state index contributed by atoms with van der Waals surface area (Å²) in [4.78, 5) is 0. The largest absolute Gasteiger partial charge is 0.673 e. The quantitative estimate of drug-likeness (QED) is 0.0842. The lowest BCUT2D eigenvalue weighted by Crippen LogP contribution is -2.02. The Balaban J connectivity index is 0.000000491. The average Bonchev–Trinajstić information content (AvgIpc) is 2.75. The van der Waals surface area contributed by atoms with E-state index in [4.69, 9.17) is 5.26 Å². The molecular formula is C24H20BF4NS. The maximum atomic E-state index is 9.75. The predicted molar refractivity (Wildman–Crippen MR) is 124 cm³/mol. The number of hydrogen-bond donors (Lipinski definition) is 0. The molecule has 0 aromatic heterocycles. The monoisotopic (exact) mass is 441 g/mol. The van der Waals surface area contributed by atoms with E-state index in [1.807, 2.05) is 12.1 Å². The van der Waals surface area contributed by atoms with Crippen LogP contribution in [0.25, 0.3) is 21.5 Å². The molecule has 0 saturated carbocycles. The fourth-order valence-electron chi connectivity index (χ4n) is 3.46. The minimum atomic E-state index is -6.00. The van der Waals surface area contributed by atoms with Crippen molar-refractivity contribution < 1.29 is 17.3 Å². The summed E-state index contributed by atoms with van der Waals surface area (Å²) in [6, 6.07) is 29.8. The van der Waals surface area contributed by atoms with Gasteiger partial charge in [-0.25, -0.2) is 0 Å². The Morgan fingerprint density at radius 3 is 1.81 bits per heavy atom. The van der Waals surface area contributed by atoms with E-state index < -0.39 is 7.25 Å². The van der Waals surface area contributed by atoms with Crippen molar-refractivity contribution >= 4 is 40.6 Å². The van der Waals surface area contributed by atoms with Crippen molar-refractivity contribution in [2.75, 3.05) is 5.75 Å². The van der Waals surface area contributed by atoms with E-state index in [1.54, 1.807) is 0 Å². The molecule has 31 heavy (non-hydrogen) atoms. The third kappa shape index (κ3) is 6.76. The van der Waals surface area contributed by atoms with Gasteiger partial charge in [-0.1, -0.05) is 60.7 Å². The van der Waals surface area contributed by atoms with E-state index in [2.05, 4.69) is 72.8 Å². The van der Waals surface area contributed by atoms with Crippen molar-refractivity contribution in [2.24, 2.45) is 0 Å². The summed E-state index contributed by atoms with van der Waals surface area (Å²) in [7, 11) is -6.00. The maximum Gasteiger partial charge on any atom is 0.673 e. The van der Waals surface area contributed by atoms with Crippen LogP contribution in [0.4, 0.5) is 17.3 Å². The molecule has 0 N–H and O–H groups in total. The number of nitrogens with zero attached hydrogens (tertiary/aromatic N) is 1. The molecule has 0 atom stereocenters. The molecule has 4 aromatic carbocycles. The topological polar surface area (TPSA) is 23.8 Å². The van der Waals surface area contributed by atoms with Crippen molar-refractivity contribution in [1.82, 2.24) is 0 Å². The van der Waals surface area contributed by atoms with Gasteiger partial charge < -0.3 is 17.3 Å². The van der Waals surface area contributed by atoms with Gasteiger partial charge in [0.05, 0.1) is 11.6 Å². The first-order valence-corrected chi connectivity index (χ1v) is 11.0. The molecule has 7 heteroatoms. The maximum absolute atomic E-state index is 9.75. The summed E-state index contributed by atoms with van der Waals surface area (Å²) in [6.07, 6.45) is 1.08. The SMILES string of the molecule is F[B-](F)(F)F.N#Cc1ccc(C[SH+]CCc2c3ccccc3cc3ccccc23)cc1. The molecule has 0 aliphatic heterocycles. The molecule has 0 saturated heterocycles. The Labute approximate surface area is 182 Å². The van der Waals surface area contributed by atoms with Gasteiger partial charge in [-0.15, -0.1) is 0 Å². The van der Waals surface area contributed by atoms with Gasteiger partial charge in [0.25, 0.3) is 0 Å².